The Morgan fingerprint density at radius 2 is 1.98 bits per heavy atom. The van der Waals surface area contributed by atoms with Crippen LogP contribution < -0.4 is 11.1 Å². The Bertz CT molecular complexity index is 1450. The summed E-state index contributed by atoms with van der Waals surface area (Å²) in [6, 6.07) is -0.140. The first kappa shape index (κ1) is 26.4. The van der Waals surface area contributed by atoms with Crippen molar-refractivity contribution >= 4 is 29.0 Å². The summed E-state index contributed by atoms with van der Waals surface area (Å²) in [5.41, 5.74) is 0.215. The minimum atomic E-state index is -2.58. The molecule has 1 fully saturated rings. The van der Waals surface area contributed by atoms with Crippen molar-refractivity contribution in [2.45, 2.75) is 37.3 Å². The van der Waals surface area contributed by atoms with Gasteiger partial charge in [-0.05, 0) is 58.8 Å². The number of ketones is 1. The van der Waals surface area contributed by atoms with E-state index in [1.807, 2.05) is 4.90 Å². The van der Waals surface area contributed by atoms with E-state index in [-0.39, 0.29) is 36.2 Å². The summed E-state index contributed by atoms with van der Waals surface area (Å²) in [7, 11) is 3.11. The number of hydrogen-bond acceptors (Lipinski definition) is 10. The van der Waals surface area contributed by atoms with E-state index >= 15 is 4.39 Å². The van der Waals surface area contributed by atoms with Crippen molar-refractivity contribution in [2.75, 3.05) is 39.0 Å². The Morgan fingerprint density at radius 1 is 1.30 bits per heavy atom. The molecular formula is C27H32FN5O7. The molecule has 0 spiro atoms. The molecule has 0 bridgehead atoms. The van der Waals surface area contributed by atoms with E-state index in [2.05, 4.69) is 10.7 Å². The highest BCUT2D eigenvalue weighted by Gasteiger charge is 2.61. The third-order valence-electron chi connectivity index (χ3n) is 8.53. The quantitative estimate of drug-likeness (QED) is 0.255. The molecule has 13 heteroatoms. The number of aliphatic hydroxyl groups excluding tert-OH is 2. The predicted molar refractivity (Wildman–Crippen MR) is 141 cm³/mol. The normalized spacial score (nSPS) is 29.8. The monoisotopic (exact) mass is 557 g/mol. The number of amides is 2. The standard InChI is InChI=1S/C27H32FN5O7/c1-32(2)20-13-8-11-7-12-14(28)9-15(31-16(34)10-33-5-3-4-6-33)21(35)18(12)22(36)17(11)25(38)27(13,40)24(29)19(23(20)37)26(30)39/h9,11,13,20,29,35,37-38,40H,3-8,10H2,1-2H3,(H2,30,39)(H,31,34)/b29-24-/t11-,13-,20-,27+/m0/s1. The van der Waals surface area contributed by atoms with Gasteiger partial charge in [-0.3, -0.25) is 24.2 Å². The van der Waals surface area contributed by atoms with Gasteiger partial charge in [-0.1, -0.05) is 0 Å². The lowest BCUT2D eigenvalue weighted by Crippen LogP contribution is -2.63. The molecule has 1 aliphatic heterocycles. The molecule has 5 rings (SSSR count). The van der Waals surface area contributed by atoms with Crippen molar-refractivity contribution in [3.63, 3.8) is 0 Å². The van der Waals surface area contributed by atoms with E-state index in [1.165, 1.54) is 4.90 Å². The van der Waals surface area contributed by atoms with Crippen LogP contribution >= 0.6 is 0 Å². The average molecular weight is 558 g/mol. The number of aromatic hydroxyl groups is 1. The van der Waals surface area contributed by atoms with E-state index in [0.717, 1.165) is 32.0 Å². The first-order chi connectivity index (χ1) is 19.3. The number of anilines is 1. The third-order valence-corrected chi connectivity index (χ3v) is 8.53. The summed E-state index contributed by atoms with van der Waals surface area (Å²) in [6.45, 7) is 1.50. The fraction of sp³-hybridized carbons (Fsp3) is 0.481. The van der Waals surface area contributed by atoms with Gasteiger partial charge in [0.1, 0.15) is 22.9 Å². The van der Waals surface area contributed by atoms with Gasteiger partial charge in [0, 0.05) is 23.1 Å². The molecule has 40 heavy (non-hydrogen) atoms. The second kappa shape index (κ2) is 9.68. The van der Waals surface area contributed by atoms with Crippen LogP contribution in [-0.2, 0) is 16.0 Å². The lowest BCUT2D eigenvalue weighted by atomic mass is 9.58. The Kier molecular flexibility index (Phi) is 6.39. The summed E-state index contributed by atoms with van der Waals surface area (Å²) in [5, 5.41) is 51.1. The zero-order valence-electron chi connectivity index (χ0n) is 23.1. The van der Waals surface area contributed by atoms with Crippen molar-refractivity contribution in [2.24, 2.45) is 17.6 Å². The number of aliphatic hydroxyl groups is 3. The number of likely N-dealkylation sites (N-methyl/N-ethyl adjacent to an activating group) is 1. The van der Waals surface area contributed by atoms with Gasteiger partial charge in [-0.25, -0.2) is 4.39 Å². The van der Waals surface area contributed by atoms with Crippen molar-refractivity contribution in [3.8, 4) is 5.75 Å². The number of allylic oxidation sites excluding steroid dienone is 1. The van der Waals surface area contributed by atoms with E-state index < -0.39 is 81.0 Å². The molecule has 0 saturated carbocycles. The van der Waals surface area contributed by atoms with E-state index in [4.69, 9.17) is 7.15 Å². The number of carbonyl (C=O) groups excluding carboxylic acids is 3. The Morgan fingerprint density at radius 3 is 2.58 bits per heavy atom. The number of benzene rings is 1. The summed E-state index contributed by atoms with van der Waals surface area (Å²) >= 11 is 0. The summed E-state index contributed by atoms with van der Waals surface area (Å²) in [5.74, 6) is -7.69. The summed E-state index contributed by atoms with van der Waals surface area (Å²) in [4.78, 5) is 42.1. The lowest BCUT2D eigenvalue weighted by Gasteiger charge is -2.51. The van der Waals surface area contributed by atoms with Gasteiger partial charge in [-0.15, -0.1) is 0 Å². The van der Waals surface area contributed by atoms with Crippen molar-refractivity contribution in [1.29, 1.82) is 5.40 Å². The van der Waals surface area contributed by atoms with E-state index in [0.29, 0.717) is 0 Å². The third kappa shape index (κ3) is 3.99. The SMILES string of the molecule is [H]/N=C1/C(C(N)=O)=C(O)[C@@H](N(C)C)[C@@H]2C[C@@H]3Cc4c(F)cc(NC(=O)CN5CCCC5)c(O)c4C(=O)C3=C(O)[C@]12O. The van der Waals surface area contributed by atoms with Crippen molar-refractivity contribution in [3.05, 3.63) is 45.7 Å². The van der Waals surface area contributed by atoms with E-state index in [9.17, 15) is 34.8 Å². The van der Waals surface area contributed by atoms with Crippen LogP contribution in [0.25, 0.3) is 0 Å². The molecule has 214 valence electrons. The first-order valence-electron chi connectivity index (χ1n) is 13.5. The number of primary amides is 1. The molecule has 4 atom stereocenters. The molecule has 2 amide bonds. The number of nitrogens with one attached hydrogen (secondary N) is 2. The highest BCUT2D eigenvalue weighted by atomic mass is 19.1. The fourth-order valence-corrected chi connectivity index (χ4v) is 6.72. The molecule has 1 aromatic carbocycles. The topological polar surface area (TPSA) is 201 Å². The smallest absolute Gasteiger partial charge is 0.254 e. The Hall–Kier alpha value is -3.81. The molecule has 1 heterocycles. The second-order valence-corrected chi connectivity index (χ2v) is 11.1. The maximum atomic E-state index is 15.4. The number of nitrogens with zero attached hydrogens (tertiary/aromatic N) is 2. The second-order valence-electron chi connectivity index (χ2n) is 11.1. The van der Waals surface area contributed by atoms with Crippen LogP contribution in [0.4, 0.5) is 10.1 Å². The van der Waals surface area contributed by atoms with Crippen molar-refractivity contribution < 1.29 is 40.6 Å². The maximum absolute atomic E-state index is 15.4. The molecule has 0 aromatic heterocycles. The van der Waals surface area contributed by atoms with E-state index in [1.54, 1.807) is 14.1 Å². The lowest BCUT2D eigenvalue weighted by molar-refractivity contribution is -0.117. The Labute approximate surface area is 230 Å². The van der Waals surface area contributed by atoms with Gasteiger partial charge >= 0.3 is 0 Å². The maximum Gasteiger partial charge on any atom is 0.254 e. The van der Waals surface area contributed by atoms with Crippen LogP contribution in [0.1, 0.15) is 35.2 Å². The van der Waals surface area contributed by atoms with Crippen LogP contribution in [0, 0.1) is 23.1 Å². The number of rotatable bonds is 5. The van der Waals surface area contributed by atoms with Gasteiger partial charge in [0.25, 0.3) is 5.91 Å². The van der Waals surface area contributed by atoms with Gasteiger partial charge in [0.05, 0.1) is 29.5 Å². The first-order valence-corrected chi connectivity index (χ1v) is 13.0. The van der Waals surface area contributed by atoms with Crippen LogP contribution in [0.3, 0.4) is 0 Å². The van der Waals surface area contributed by atoms with Crippen LogP contribution in [0.5, 0.6) is 5.75 Å². The van der Waals surface area contributed by atoms with Crippen LogP contribution in [0.2, 0.25) is 1.41 Å². The summed E-state index contributed by atoms with van der Waals surface area (Å²) < 4.78 is 23.1. The van der Waals surface area contributed by atoms with Gasteiger partial charge in [-0.2, -0.15) is 0 Å². The number of fused-ring (bicyclic) bond motifs is 3. The van der Waals surface area contributed by atoms with Crippen molar-refractivity contribution in [1.82, 2.24) is 9.80 Å². The number of hydrogen-bond donors (Lipinski definition) is 7. The number of Topliss-reactive ketones (excluding diaryl/α,β-unsaturated/α-hetero) is 1. The molecule has 8 N–H and O–H groups in total. The van der Waals surface area contributed by atoms with Crippen LogP contribution in [0.15, 0.2) is 28.7 Å². The number of carbonyl (C=O) groups is 3. The molecule has 3 aliphatic carbocycles. The number of nitrogens with two attached hydrogens (primary N) is 1. The molecule has 12 nitrogen and oxygen atoms in total. The predicted octanol–water partition coefficient (Wildman–Crippen LogP) is 0.745. The molecule has 4 aliphatic rings. The highest BCUT2D eigenvalue weighted by molar-refractivity contribution is 6.26. The number of phenols is 1. The van der Waals surface area contributed by atoms with Crippen LogP contribution in [-0.4, -0.2) is 98.9 Å². The number of likely N-dealkylation sites (tertiary alicyclic amines) is 1. The zero-order valence-corrected chi connectivity index (χ0v) is 22.1. The summed E-state index contributed by atoms with van der Waals surface area (Å²) in [6.07, 6.45) is 1.65. The van der Waals surface area contributed by atoms with Gasteiger partial charge in [0.2, 0.25) is 5.91 Å². The minimum absolute atomic E-state index is 0.0271. The van der Waals surface area contributed by atoms with Gasteiger partial charge < -0.3 is 36.9 Å². The average Bonchev–Trinajstić information content (AvgIpc) is 3.40. The zero-order chi connectivity index (χ0) is 30.0. The molecular weight excluding hydrogens is 525 g/mol. The number of phenolic OH excluding ortho intramolecular Hbond substituents is 1. The molecule has 1 aromatic rings. The largest absolute Gasteiger partial charge is 0.510 e. The fourth-order valence-electron chi connectivity index (χ4n) is 6.72. The highest BCUT2D eigenvalue weighted by Crippen LogP contribution is 2.53. The Balaban J connectivity index is 1.61. The minimum Gasteiger partial charge on any atom is -0.510 e. The number of halogens is 1. The molecule has 0 unspecified atom stereocenters. The molecule has 1 saturated heterocycles. The van der Waals surface area contributed by atoms with Gasteiger partial charge in [0.15, 0.2) is 18.5 Å². The molecule has 0 radical (unpaired) electrons.